The molecule has 34 heavy (non-hydrogen) atoms. The second kappa shape index (κ2) is 8.89. The molecule has 0 bridgehead atoms. The van der Waals surface area contributed by atoms with E-state index in [2.05, 4.69) is 18.9 Å². The van der Waals surface area contributed by atoms with Crippen molar-refractivity contribution < 1.29 is 9.18 Å². The minimum Gasteiger partial charge on any atom is -0.366 e. The van der Waals surface area contributed by atoms with E-state index in [1.165, 1.54) is 6.07 Å². The lowest BCUT2D eigenvalue weighted by Crippen LogP contribution is -2.49. The first-order valence-electron chi connectivity index (χ1n) is 11.7. The Balaban J connectivity index is 1.50. The molecular formula is C27H28FN5O. The van der Waals surface area contributed by atoms with Crippen molar-refractivity contribution in [3.63, 3.8) is 0 Å². The molecule has 2 aromatic carbocycles. The Kier molecular flexibility index (Phi) is 5.77. The van der Waals surface area contributed by atoms with Gasteiger partial charge in [0.15, 0.2) is 5.65 Å². The number of anilines is 1. The van der Waals surface area contributed by atoms with Gasteiger partial charge in [-0.2, -0.15) is 5.10 Å². The summed E-state index contributed by atoms with van der Waals surface area (Å²) in [6, 6.07) is 16.8. The molecule has 0 aliphatic carbocycles. The number of halogens is 1. The van der Waals surface area contributed by atoms with E-state index in [0.29, 0.717) is 43.1 Å². The molecule has 1 aliphatic heterocycles. The van der Waals surface area contributed by atoms with Crippen molar-refractivity contribution in [2.24, 2.45) is 0 Å². The minimum atomic E-state index is -0.234. The van der Waals surface area contributed by atoms with Crippen LogP contribution >= 0.6 is 0 Å². The van der Waals surface area contributed by atoms with Crippen LogP contribution in [0.1, 0.15) is 35.8 Å². The van der Waals surface area contributed by atoms with Crippen LogP contribution in [0.4, 0.5) is 10.1 Å². The van der Waals surface area contributed by atoms with Gasteiger partial charge < -0.3 is 9.80 Å². The first-order valence-corrected chi connectivity index (χ1v) is 11.7. The number of nitrogens with zero attached hydrogens (tertiary/aromatic N) is 5. The number of aryl methyl sites for hydroxylation is 1. The molecular weight excluding hydrogens is 429 g/mol. The lowest BCUT2D eigenvalue weighted by Gasteiger charge is -2.36. The van der Waals surface area contributed by atoms with Crippen LogP contribution in [0.5, 0.6) is 0 Å². The highest BCUT2D eigenvalue weighted by atomic mass is 19.1. The minimum absolute atomic E-state index is 0.0428. The highest BCUT2D eigenvalue weighted by molar-refractivity contribution is 6.06. The number of para-hydroxylation sites is 1. The maximum atomic E-state index is 14.2. The van der Waals surface area contributed by atoms with Crippen LogP contribution in [0.25, 0.3) is 22.3 Å². The van der Waals surface area contributed by atoms with Crippen molar-refractivity contribution in [2.75, 3.05) is 31.1 Å². The number of aromatic nitrogens is 3. The zero-order valence-electron chi connectivity index (χ0n) is 19.7. The summed E-state index contributed by atoms with van der Waals surface area (Å²) in [5, 5.41) is 5.29. The quantitative estimate of drug-likeness (QED) is 0.428. The molecule has 0 N–H and O–H groups in total. The summed E-state index contributed by atoms with van der Waals surface area (Å²) in [4.78, 5) is 22.5. The number of fused-ring (bicyclic) bond motifs is 1. The number of pyridine rings is 1. The standard InChI is InChI=1S/C27H28FN5O/c1-18(2)33-26-22(17-29-33)21(16-24(30-26)20-9-5-4-8-19(20)3)27(34)32-14-12-31(13-15-32)25-11-7-6-10-23(25)28/h4-11,16-18H,12-15H2,1-3H3. The first-order chi connectivity index (χ1) is 16.4. The Morgan fingerprint density at radius 2 is 1.71 bits per heavy atom. The second-order valence-corrected chi connectivity index (χ2v) is 9.02. The van der Waals surface area contributed by atoms with Crippen molar-refractivity contribution in [2.45, 2.75) is 26.8 Å². The molecule has 7 heteroatoms. The summed E-state index contributed by atoms with van der Waals surface area (Å²) in [5.74, 6) is -0.277. The molecule has 6 nitrogen and oxygen atoms in total. The fourth-order valence-corrected chi connectivity index (χ4v) is 4.60. The van der Waals surface area contributed by atoms with Crippen LogP contribution in [-0.4, -0.2) is 51.8 Å². The molecule has 1 amide bonds. The van der Waals surface area contributed by atoms with Crippen LogP contribution in [0.2, 0.25) is 0 Å². The Labute approximate surface area is 198 Å². The van der Waals surface area contributed by atoms with Crippen LogP contribution < -0.4 is 4.90 Å². The third-order valence-corrected chi connectivity index (χ3v) is 6.47. The van der Waals surface area contributed by atoms with E-state index in [1.54, 1.807) is 18.3 Å². The molecule has 1 fully saturated rings. The van der Waals surface area contributed by atoms with E-state index in [4.69, 9.17) is 4.98 Å². The average Bonchev–Trinajstić information content (AvgIpc) is 3.28. The van der Waals surface area contributed by atoms with Gasteiger partial charge >= 0.3 is 0 Å². The number of piperazine rings is 1. The van der Waals surface area contributed by atoms with Crippen molar-refractivity contribution in [3.8, 4) is 11.3 Å². The van der Waals surface area contributed by atoms with E-state index in [0.717, 1.165) is 22.2 Å². The Bertz CT molecular complexity index is 1350. The van der Waals surface area contributed by atoms with E-state index in [-0.39, 0.29) is 17.8 Å². The second-order valence-electron chi connectivity index (χ2n) is 9.02. The Morgan fingerprint density at radius 3 is 2.41 bits per heavy atom. The highest BCUT2D eigenvalue weighted by Gasteiger charge is 2.27. The van der Waals surface area contributed by atoms with Gasteiger partial charge in [0.25, 0.3) is 5.91 Å². The summed E-state index contributed by atoms with van der Waals surface area (Å²) < 4.78 is 16.1. The van der Waals surface area contributed by atoms with E-state index in [1.807, 2.05) is 57.8 Å². The molecule has 174 valence electrons. The SMILES string of the molecule is Cc1ccccc1-c1cc(C(=O)N2CCN(c3ccccc3F)CC2)c2cnn(C(C)C)c2n1. The number of carbonyl (C=O) groups is 1. The number of hydrogen-bond donors (Lipinski definition) is 0. The van der Waals surface area contributed by atoms with Crippen molar-refractivity contribution in [1.82, 2.24) is 19.7 Å². The zero-order chi connectivity index (χ0) is 23.8. The van der Waals surface area contributed by atoms with Crippen molar-refractivity contribution in [1.29, 1.82) is 0 Å². The fraction of sp³-hybridized carbons (Fsp3) is 0.296. The smallest absolute Gasteiger partial charge is 0.254 e. The normalized spacial score (nSPS) is 14.3. The van der Waals surface area contributed by atoms with Gasteiger partial charge in [-0.1, -0.05) is 36.4 Å². The molecule has 1 saturated heterocycles. The number of rotatable bonds is 4. The monoisotopic (exact) mass is 457 g/mol. The van der Waals surface area contributed by atoms with Gasteiger partial charge in [0.05, 0.1) is 28.5 Å². The predicted octanol–water partition coefficient (Wildman–Crippen LogP) is 5.09. The maximum absolute atomic E-state index is 14.2. The van der Waals surface area contributed by atoms with Crippen LogP contribution in [0.3, 0.4) is 0 Å². The molecule has 0 radical (unpaired) electrons. The summed E-state index contributed by atoms with van der Waals surface area (Å²) in [5.41, 5.74) is 4.77. The third-order valence-electron chi connectivity index (χ3n) is 6.47. The molecule has 0 saturated carbocycles. The highest BCUT2D eigenvalue weighted by Crippen LogP contribution is 2.29. The van der Waals surface area contributed by atoms with Crippen LogP contribution in [-0.2, 0) is 0 Å². The largest absolute Gasteiger partial charge is 0.366 e. The van der Waals surface area contributed by atoms with E-state index in [9.17, 15) is 9.18 Å². The molecule has 0 unspecified atom stereocenters. The maximum Gasteiger partial charge on any atom is 0.254 e. The topological polar surface area (TPSA) is 54.3 Å². The lowest BCUT2D eigenvalue weighted by molar-refractivity contribution is 0.0748. The van der Waals surface area contributed by atoms with E-state index < -0.39 is 0 Å². The van der Waals surface area contributed by atoms with Gasteiger partial charge in [0.2, 0.25) is 0 Å². The number of amides is 1. The molecule has 5 rings (SSSR count). The van der Waals surface area contributed by atoms with E-state index >= 15 is 0 Å². The van der Waals surface area contributed by atoms with Crippen molar-refractivity contribution >= 4 is 22.6 Å². The molecule has 0 spiro atoms. The Hall–Kier alpha value is -3.74. The summed E-state index contributed by atoms with van der Waals surface area (Å²) in [7, 11) is 0. The molecule has 2 aromatic heterocycles. The lowest BCUT2D eigenvalue weighted by atomic mass is 10.0. The van der Waals surface area contributed by atoms with Gasteiger partial charge in [-0.3, -0.25) is 4.79 Å². The molecule has 1 aliphatic rings. The zero-order valence-corrected chi connectivity index (χ0v) is 19.7. The summed E-state index contributed by atoms with van der Waals surface area (Å²) in [6.45, 7) is 8.36. The third kappa shape index (κ3) is 3.91. The molecule has 3 heterocycles. The molecule has 4 aromatic rings. The number of hydrogen-bond acceptors (Lipinski definition) is 4. The fourth-order valence-electron chi connectivity index (χ4n) is 4.60. The predicted molar refractivity (Wildman–Crippen MR) is 133 cm³/mol. The van der Waals surface area contributed by atoms with Gasteiger partial charge in [0.1, 0.15) is 5.82 Å². The summed E-state index contributed by atoms with van der Waals surface area (Å²) >= 11 is 0. The number of benzene rings is 2. The first kappa shape index (κ1) is 22.1. The average molecular weight is 458 g/mol. The van der Waals surface area contributed by atoms with Crippen molar-refractivity contribution in [3.05, 3.63) is 77.7 Å². The van der Waals surface area contributed by atoms with Crippen LogP contribution in [0.15, 0.2) is 60.8 Å². The van der Waals surface area contributed by atoms with Gasteiger partial charge in [-0.05, 0) is 44.5 Å². The number of carbonyl (C=O) groups excluding carboxylic acids is 1. The van der Waals surface area contributed by atoms with Gasteiger partial charge in [0, 0.05) is 37.8 Å². The van der Waals surface area contributed by atoms with Gasteiger partial charge in [-0.25, -0.2) is 14.1 Å². The van der Waals surface area contributed by atoms with Crippen LogP contribution in [0, 0.1) is 12.7 Å². The summed E-state index contributed by atoms with van der Waals surface area (Å²) in [6.07, 6.45) is 1.74. The van der Waals surface area contributed by atoms with Gasteiger partial charge in [-0.15, -0.1) is 0 Å². The Morgan fingerprint density at radius 1 is 1.00 bits per heavy atom. The molecule has 0 atom stereocenters.